The Kier molecular flexibility index (Phi) is 4.19. The molecule has 0 bridgehead atoms. The maximum atomic E-state index is 13.8. The lowest BCUT2D eigenvalue weighted by molar-refractivity contribution is -0.141. The van der Waals surface area contributed by atoms with E-state index in [9.17, 15) is 26.7 Å². The minimum Gasteiger partial charge on any atom is -0.309 e. The number of carbonyl (C=O) groups excluding carboxylic acids is 1. The summed E-state index contributed by atoms with van der Waals surface area (Å²) in [6, 6.07) is 4.92. The molecule has 0 fully saturated rings. The van der Waals surface area contributed by atoms with E-state index in [2.05, 4.69) is 4.98 Å². The summed E-state index contributed by atoms with van der Waals surface area (Å²) >= 11 is 1.13. The first-order valence-corrected chi connectivity index (χ1v) is 7.75. The molecule has 0 spiro atoms. The fourth-order valence-corrected chi connectivity index (χ4v) is 3.08. The van der Waals surface area contributed by atoms with Gasteiger partial charge in [0.2, 0.25) is 0 Å². The Labute approximate surface area is 142 Å². The van der Waals surface area contributed by atoms with Gasteiger partial charge in [-0.3, -0.25) is 4.79 Å². The lowest BCUT2D eigenvalue weighted by Crippen LogP contribution is -2.30. The van der Waals surface area contributed by atoms with Gasteiger partial charge in [-0.15, -0.1) is 11.3 Å². The molecule has 9 heteroatoms. The number of alkyl halides is 3. The number of thiophene rings is 1. The average molecular weight is 372 g/mol. The number of fused-ring (bicyclic) bond motifs is 1. The second kappa shape index (κ2) is 6.07. The number of halogens is 5. The zero-order valence-electron chi connectivity index (χ0n) is 12.6. The van der Waals surface area contributed by atoms with Crippen LogP contribution in [0.4, 0.5) is 27.6 Å². The fraction of sp³-hybridized carbons (Fsp3) is 0.125. The number of hydrogen-bond donors (Lipinski definition) is 0. The third-order valence-corrected chi connectivity index (χ3v) is 4.36. The maximum absolute atomic E-state index is 13.8. The van der Waals surface area contributed by atoms with Crippen LogP contribution in [0.5, 0.6) is 0 Å². The molecule has 0 N–H and O–H groups in total. The average Bonchev–Trinajstić information content (AvgIpc) is 2.99. The molecule has 25 heavy (non-hydrogen) atoms. The van der Waals surface area contributed by atoms with Crippen molar-refractivity contribution >= 4 is 33.1 Å². The molecule has 2 heterocycles. The second-order valence-electron chi connectivity index (χ2n) is 5.15. The molecule has 0 aliphatic carbocycles. The molecule has 0 unspecified atom stereocenters. The van der Waals surface area contributed by atoms with Crippen LogP contribution in [-0.4, -0.2) is 17.9 Å². The molecule has 0 atom stereocenters. The molecule has 1 aromatic carbocycles. The Morgan fingerprint density at radius 2 is 1.88 bits per heavy atom. The number of pyridine rings is 1. The highest BCUT2D eigenvalue weighted by molar-refractivity contribution is 7.17. The van der Waals surface area contributed by atoms with Crippen molar-refractivity contribution in [2.24, 2.45) is 0 Å². The first kappa shape index (κ1) is 17.3. The van der Waals surface area contributed by atoms with Crippen molar-refractivity contribution in [2.45, 2.75) is 6.18 Å². The molecule has 3 aromatic rings. The van der Waals surface area contributed by atoms with Crippen LogP contribution in [0.3, 0.4) is 0 Å². The van der Waals surface area contributed by atoms with Gasteiger partial charge in [-0.2, -0.15) is 13.2 Å². The zero-order chi connectivity index (χ0) is 18.4. The van der Waals surface area contributed by atoms with Crippen LogP contribution < -0.4 is 4.90 Å². The van der Waals surface area contributed by atoms with Crippen LogP contribution in [0.1, 0.15) is 16.1 Å². The van der Waals surface area contributed by atoms with Gasteiger partial charge >= 0.3 is 6.18 Å². The van der Waals surface area contributed by atoms with E-state index in [1.54, 1.807) is 5.38 Å². The third kappa shape index (κ3) is 3.19. The smallest absolute Gasteiger partial charge is 0.309 e. The quantitative estimate of drug-likeness (QED) is 0.602. The van der Waals surface area contributed by atoms with Crippen LogP contribution in [0.15, 0.2) is 35.7 Å². The van der Waals surface area contributed by atoms with Gasteiger partial charge in [0.05, 0.1) is 21.5 Å². The van der Waals surface area contributed by atoms with E-state index in [-0.39, 0.29) is 11.2 Å². The van der Waals surface area contributed by atoms with Crippen LogP contribution in [0.2, 0.25) is 0 Å². The highest BCUT2D eigenvalue weighted by Crippen LogP contribution is 2.34. The van der Waals surface area contributed by atoms with E-state index in [0.717, 1.165) is 36.6 Å². The fourth-order valence-electron chi connectivity index (χ4n) is 2.32. The molecular weight excluding hydrogens is 363 g/mol. The Morgan fingerprint density at radius 3 is 2.52 bits per heavy atom. The normalized spacial score (nSPS) is 11.8. The lowest BCUT2D eigenvalue weighted by Gasteiger charge is -2.20. The molecule has 0 aliphatic rings. The van der Waals surface area contributed by atoms with Gasteiger partial charge in [-0.1, -0.05) is 0 Å². The van der Waals surface area contributed by atoms with Crippen molar-refractivity contribution in [1.82, 2.24) is 4.98 Å². The molecule has 0 saturated heterocycles. The van der Waals surface area contributed by atoms with Crippen molar-refractivity contribution in [2.75, 3.05) is 11.9 Å². The Balaban J connectivity index is 2.12. The number of benzene rings is 1. The summed E-state index contributed by atoms with van der Waals surface area (Å²) in [6.45, 7) is 0. The van der Waals surface area contributed by atoms with Crippen LogP contribution in [-0.2, 0) is 6.18 Å². The first-order chi connectivity index (χ1) is 11.7. The number of amides is 1. The van der Waals surface area contributed by atoms with Gasteiger partial charge in [-0.25, -0.2) is 13.8 Å². The summed E-state index contributed by atoms with van der Waals surface area (Å²) in [5.41, 5.74) is -2.28. The minimum absolute atomic E-state index is 0.115. The van der Waals surface area contributed by atoms with Crippen molar-refractivity contribution < 1.29 is 26.7 Å². The summed E-state index contributed by atoms with van der Waals surface area (Å²) in [7, 11) is 1.11. The molecule has 130 valence electrons. The number of anilines is 1. The van der Waals surface area contributed by atoms with Crippen molar-refractivity contribution in [3.63, 3.8) is 0 Å². The van der Waals surface area contributed by atoms with Crippen LogP contribution in [0, 0.1) is 11.6 Å². The first-order valence-electron chi connectivity index (χ1n) is 6.87. The number of rotatable bonds is 2. The Morgan fingerprint density at radius 1 is 1.16 bits per heavy atom. The highest BCUT2D eigenvalue weighted by atomic mass is 32.1. The summed E-state index contributed by atoms with van der Waals surface area (Å²) < 4.78 is 67.1. The van der Waals surface area contributed by atoms with Crippen LogP contribution in [0.25, 0.3) is 10.2 Å². The number of aromatic nitrogens is 1. The number of carbonyl (C=O) groups is 1. The SMILES string of the molecule is CN(C(=O)c1cc2sccc2nc1C(F)(F)F)c1ccc(F)cc1F. The van der Waals surface area contributed by atoms with E-state index in [1.165, 1.54) is 6.07 Å². The molecule has 1 amide bonds. The maximum Gasteiger partial charge on any atom is 0.434 e. The predicted molar refractivity (Wildman–Crippen MR) is 83.7 cm³/mol. The minimum atomic E-state index is -4.86. The number of hydrogen-bond acceptors (Lipinski definition) is 3. The standard InChI is InChI=1S/C16H9F5N2OS/c1-23(12-3-2-8(17)6-10(12)18)15(24)9-7-13-11(4-5-25-13)22-14(9)16(19,20)21/h2-7H,1H3. The van der Waals surface area contributed by atoms with Gasteiger partial charge in [0.1, 0.15) is 11.6 Å². The third-order valence-electron chi connectivity index (χ3n) is 3.51. The number of nitrogens with zero attached hydrogens (tertiary/aromatic N) is 2. The highest BCUT2D eigenvalue weighted by Gasteiger charge is 2.38. The summed E-state index contributed by atoms with van der Waals surface area (Å²) in [6.07, 6.45) is -4.86. The summed E-state index contributed by atoms with van der Waals surface area (Å²) in [5.74, 6) is -3.02. The lowest BCUT2D eigenvalue weighted by atomic mass is 10.1. The van der Waals surface area contributed by atoms with Gasteiger partial charge < -0.3 is 4.90 Å². The molecule has 3 nitrogen and oxygen atoms in total. The summed E-state index contributed by atoms with van der Waals surface area (Å²) in [4.78, 5) is 16.8. The molecule has 3 rings (SSSR count). The van der Waals surface area contributed by atoms with E-state index < -0.39 is 35.0 Å². The molecule has 0 radical (unpaired) electrons. The van der Waals surface area contributed by atoms with Gasteiger partial charge in [0.15, 0.2) is 5.69 Å². The van der Waals surface area contributed by atoms with Crippen molar-refractivity contribution in [1.29, 1.82) is 0 Å². The van der Waals surface area contributed by atoms with Gasteiger partial charge in [0.25, 0.3) is 5.91 Å². The zero-order valence-corrected chi connectivity index (χ0v) is 13.4. The largest absolute Gasteiger partial charge is 0.434 e. The summed E-state index contributed by atoms with van der Waals surface area (Å²) in [5, 5.41) is 1.55. The Hall–Kier alpha value is -2.55. The molecular formula is C16H9F5N2OS. The molecule has 2 aromatic heterocycles. The van der Waals surface area contributed by atoms with Gasteiger partial charge in [0, 0.05) is 13.1 Å². The second-order valence-corrected chi connectivity index (χ2v) is 6.09. The van der Waals surface area contributed by atoms with E-state index in [1.807, 2.05) is 0 Å². The van der Waals surface area contributed by atoms with Crippen LogP contribution >= 0.6 is 11.3 Å². The predicted octanol–water partition coefficient (Wildman–Crippen LogP) is 4.87. The Bertz CT molecular complexity index is 967. The van der Waals surface area contributed by atoms with Gasteiger partial charge in [-0.05, 0) is 29.6 Å². The topological polar surface area (TPSA) is 33.2 Å². The molecule has 0 saturated carbocycles. The monoisotopic (exact) mass is 372 g/mol. The van der Waals surface area contributed by atoms with Crippen molar-refractivity contribution in [3.05, 3.63) is 58.6 Å². The van der Waals surface area contributed by atoms with E-state index in [4.69, 9.17) is 0 Å². The van der Waals surface area contributed by atoms with E-state index >= 15 is 0 Å². The van der Waals surface area contributed by atoms with E-state index in [0.29, 0.717) is 15.7 Å². The molecule has 0 aliphatic heterocycles. The van der Waals surface area contributed by atoms with Crippen molar-refractivity contribution in [3.8, 4) is 0 Å².